The van der Waals surface area contributed by atoms with E-state index in [-0.39, 0.29) is 0 Å². The van der Waals surface area contributed by atoms with Gasteiger partial charge in [0.25, 0.3) is 0 Å². The Bertz CT molecular complexity index is 787. The molecule has 3 rings (SSSR count). The number of nitrogens with two attached hydrogens (primary N) is 1. The average molecular weight is 295 g/mol. The molecule has 0 aliphatic rings. The number of para-hydroxylation sites is 2. The van der Waals surface area contributed by atoms with Crippen LogP contribution in [0.1, 0.15) is 12.0 Å². The number of aryl methyl sites for hydroxylation is 2. The summed E-state index contributed by atoms with van der Waals surface area (Å²) in [6, 6.07) is 16.6. The van der Waals surface area contributed by atoms with Gasteiger partial charge in [-0.25, -0.2) is 4.98 Å². The van der Waals surface area contributed by atoms with E-state index in [0.717, 1.165) is 29.0 Å². The molecule has 0 saturated carbocycles. The minimum atomic E-state index is 0.530. The van der Waals surface area contributed by atoms with E-state index in [1.165, 1.54) is 5.56 Å². The number of thiocarbonyl (C=S) groups is 1. The summed E-state index contributed by atoms with van der Waals surface area (Å²) in [5, 5.41) is 0. The largest absolute Gasteiger partial charge is 0.393 e. The fraction of sp³-hybridized carbons (Fsp3) is 0.176. The maximum Gasteiger partial charge on any atom is 0.141 e. The van der Waals surface area contributed by atoms with Crippen LogP contribution in [0.4, 0.5) is 0 Å². The smallest absolute Gasteiger partial charge is 0.141 e. The molecular weight excluding hydrogens is 278 g/mol. The molecular formula is C17H17N3S. The zero-order valence-corrected chi connectivity index (χ0v) is 12.7. The maximum atomic E-state index is 5.66. The van der Waals surface area contributed by atoms with Gasteiger partial charge >= 0.3 is 0 Å². The Hall–Kier alpha value is -2.20. The molecule has 3 nitrogen and oxygen atoms in total. The highest BCUT2D eigenvalue weighted by molar-refractivity contribution is 7.80. The SMILES string of the molecule is Cc1ccc(-c2nc3ccccc3n2CCC(N)=S)cc1. The highest BCUT2D eigenvalue weighted by Gasteiger charge is 2.12. The van der Waals surface area contributed by atoms with Gasteiger partial charge in [0.2, 0.25) is 0 Å². The van der Waals surface area contributed by atoms with Gasteiger partial charge in [0, 0.05) is 18.5 Å². The van der Waals surface area contributed by atoms with Gasteiger partial charge in [-0.1, -0.05) is 54.2 Å². The summed E-state index contributed by atoms with van der Waals surface area (Å²) in [5.41, 5.74) is 10.1. The van der Waals surface area contributed by atoms with Crippen molar-refractivity contribution in [1.29, 1.82) is 0 Å². The molecule has 21 heavy (non-hydrogen) atoms. The van der Waals surface area contributed by atoms with E-state index in [1.54, 1.807) is 0 Å². The van der Waals surface area contributed by atoms with Crippen LogP contribution in [0.25, 0.3) is 22.4 Å². The molecule has 4 heteroatoms. The number of benzene rings is 2. The molecule has 2 N–H and O–H groups in total. The predicted molar refractivity (Wildman–Crippen MR) is 91.3 cm³/mol. The highest BCUT2D eigenvalue weighted by atomic mass is 32.1. The first-order valence-corrected chi connectivity index (χ1v) is 7.36. The van der Waals surface area contributed by atoms with Crippen LogP contribution in [0.3, 0.4) is 0 Å². The monoisotopic (exact) mass is 295 g/mol. The summed E-state index contributed by atoms with van der Waals surface area (Å²) in [4.78, 5) is 5.30. The Morgan fingerprint density at radius 3 is 2.57 bits per heavy atom. The molecule has 0 aliphatic heterocycles. The van der Waals surface area contributed by atoms with Gasteiger partial charge in [0.15, 0.2) is 0 Å². The standard InChI is InChI=1S/C17H17N3S/c1-12-6-8-13(9-7-12)17-19-14-4-2-3-5-15(14)20(17)11-10-16(18)21/h2-9H,10-11H2,1H3,(H2,18,21). The number of aromatic nitrogens is 2. The van der Waals surface area contributed by atoms with Gasteiger partial charge in [0.1, 0.15) is 5.82 Å². The zero-order valence-electron chi connectivity index (χ0n) is 11.9. The lowest BCUT2D eigenvalue weighted by molar-refractivity contribution is 0.757. The first-order valence-electron chi connectivity index (χ1n) is 6.96. The van der Waals surface area contributed by atoms with Crippen molar-refractivity contribution in [2.24, 2.45) is 5.73 Å². The fourth-order valence-electron chi connectivity index (χ4n) is 2.45. The van der Waals surface area contributed by atoms with Gasteiger partial charge in [-0.05, 0) is 19.1 Å². The number of hydrogen-bond donors (Lipinski definition) is 1. The zero-order chi connectivity index (χ0) is 14.8. The molecule has 0 spiro atoms. The van der Waals surface area contributed by atoms with E-state index in [4.69, 9.17) is 22.9 Å². The van der Waals surface area contributed by atoms with E-state index in [0.29, 0.717) is 11.4 Å². The third-order valence-corrected chi connectivity index (χ3v) is 3.75. The van der Waals surface area contributed by atoms with Gasteiger partial charge in [-0.3, -0.25) is 0 Å². The molecule has 0 unspecified atom stereocenters. The van der Waals surface area contributed by atoms with Crippen LogP contribution in [-0.4, -0.2) is 14.5 Å². The summed E-state index contributed by atoms with van der Waals surface area (Å²) in [7, 11) is 0. The molecule has 106 valence electrons. The van der Waals surface area contributed by atoms with Crippen molar-refractivity contribution in [3.63, 3.8) is 0 Å². The normalized spacial score (nSPS) is 10.9. The topological polar surface area (TPSA) is 43.8 Å². The van der Waals surface area contributed by atoms with Crippen LogP contribution in [0.5, 0.6) is 0 Å². The van der Waals surface area contributed by atoms with E-state index in [1.807, 2.05) is 18.2 Å². The fourth-order valence-corrected chi connectivity index (χ4v) is 2.54. The van der Waals surface area contributed by atoms with Crippen molar-refractivity contribution < 1.29 is 0 Å². The van der Waals surface area contributed by atoms with Crippen LogP contribution < -0.4 is 5.73 Å². The van der Waals surface area contributed by atoms with Crippen LogP contribution in [-0.2, 0) is 6.54 Å². The Morgan fingerprint density at radius 2 is 1.86 bits per heavy atom. The first-order chi connectivity index (χ1) is 10.1. The molecule has 0 aliphatic carbocycles. The number of nitrogens with zero attached hydrogens (tertiary/aromatic N) is 2. The first kappa shape index (κ1) is 13.8. The van der Waals surface area contributed by atoms with Crippen molar-refractivity contribution >= 4 is 28.2 Å². The summed E-state index contributed by atoms with van der Waals surface area (Å²) >= 11 is 5.01. The van der Waals surface area contributed by atoms with Crippen molar-refractivity contribution in [1.82, 2.24) is 9.55 Å². The predicted octanol–water partition coefficient (Wildman–Crippen LogP) is 3.69. The minimum absolute atomic E-state index is 0.530. The highest BCUT2D eigenvalue weighted by Crippen LogP contribution is 2.25. The molecule has 0 fully saturated rings. The van der Waals surface area contributed by atoms with Gasteiger partial charge < -0.3 is 10.3 Å². The molecule has 1 aromatic heterocycles. The average Bonchev–Trinajstić information content (AvgIpc) is 2.84. The molecule has 0 amide bonds. The molecule has 0 atom stereocenters. The van der Waals surface area contributed by atoms with Crippen molar-refractivity contribution in [2.75, 3.05) is 0 Å². The second-order valence-electron chi connectivity index (χ2n) is 5.16. The molecule has 3 aromatic rings. The minimum Gasteiger partial charge on any atom is -0.393 e. The van der Waals surface area contributed by atoms with Gasteiger partial charge in [0.05, 0.1) is 16.0 Å². The van der Waals surface area contributed by atoms with E-state index < -0.39 is 0 Å². The number of rotatable bonds is 4. The number of fused-ring (bicyclic) bond motifs is 1. The van der Waals surface area contributed by atoms with E-state index in [9.17, 15) is 0 Å². The third-order valence-electron chi connectivity index (χ3n) is 3.55. The van der Waals surface area contributed by atoms with Crippen LogP contribution in [0.15, 0.2) is 48.5 Å². The summed E-state index contributed by atoms with van der Waals surface area (Å²) in [5.74, 6) is 0.965. The maximum absolute atomic E-state index is 5.66. The lowest BCUT2D eigenvalue weighted by Crippen LogP contribution is -2.12. The van der Waals surface area contributed by atoms with Gasteiger partial charge in [-0.2, -0.15) is 0 Å². The third kappa shape index (κ3) is 2.81. The van der Waals surface area contributed by atoms with Crippen LogP contribution in [0.2, 0.25) is 0 Å². The lowest BCUT2D eigenvalue weighted by Gasteiger charge is -2.09. The molecule has 0 bridgehead atoms. The summed E-state index contributed by atoms with van der Waals surface area (Å²) in [6.45, 7) is 2.83. The van der Waals surface area contributed by atoms with Crippen LogP contribution in [0, 0.1) is 6.92 Å². The van der Waals surface area contributed by atoms with E-state index >= 15 is 0 Å². The quantitative estimate of drug-likeness (QED) is 0.747. The van der Waals surface area contributed by atoms with Crippen molar-refractivity contribution in [3.8, 4) is 11.4 Å². The second-order valence-corrected chi connectivity index (χ2v) is 5.68. The Balaban J connectivity index is 2.13. The lowest BCUT2D eigenvalue weighted by atomic mass is 10.1. The summed E-state index contributed by atoms with van der Waals surface area (Å²) in [6.07, 6.45) is 0.675. The molecule has 1 heterocycles. The molecule has 2 aromatic carbocycles. The Kier molecular flexibility index (Phi) is 3.71. The second kappa shape index (κ2) is 5.66. The van der Waals surface area contributed by atoms with Crippen molar-refractivity contribution in [2.45, 2.75) is 19.9 Å². The molecule has 0 saturated heterocycles. The summed E-state index contributed by atoms with van der Waals surface area (Å²) < 4.78 is 2.19. The van der Waals surface area contributed by atoms with Crippen molar-refractivity contribution in [3.05, 3.63) is 54.1 Å². The van der Waals surface area contributed by atoms with E-state index in [2.05, 4.69) is 41.8 Å². The molecule has 0 radical (unpaired) electrons. The number of imidazole rings is 1. The Labute approximate surface area is 129 Å². The number of hydrogen-bond acceptors (Lipinski definition) is 2. The van der Waals surface area contributed by atoms with Crippen LogP contribution >= 0.6 is 12.2 Å². The van der Waals surface area contributed by atoms with Gasteiger partial charge in [-0.15, -0.1) is 0 Å². The Morgan fingerprint density at radius 1 is 1.14 bits per heavy atom.